The van der Waals surface area contributed by atoms with Gasteiger partial charge in [-0.15, -0.1) is 0 Å². The second-order valence-corrected chi connectivity index (χ2v) is 16.4. The Bertz CT molecular complexity index is 230. The Labute approximate surface area is 109 Å². The smallest absolute Gasteiger partial charge is 0.417 e. The van der Waals surface area contributed by atoms with Crippen molar-refractivity contribution in [2.75, 3.05) is 13.2 Å². The molecule has 0 aromatic carbocycles. The molecule has 104 valence electrons. The number of hydrogen-bond donors (Lipinski definition) is 0. The van der Waals surface area contributed by atoms with E-state index >= 15 is 0 Å². The van der Waals surface area contributed by atoms with Crippen molar-refractivity contribution in [3.8, 4) is 0 Å². The zero-order valence-corrected chi connectivity index (χ0v) is 15.5. The Hall–Kier alpha value is 0.491. The largest absolute Gasteiger partial charge is 0.478 e. The van der Waals surface area contributed by atoms with Gasteiger partial charge >= 0.3 is 17.4 Å². The molecule has 0 spiro atoms. The first kappa shape index (κ1) is 17.5. The minimum atomic E-state index is -2.56. The van der Waals surface area contributed by atoms with E-state index in [1.807, 2.05) is 33.5 Å². The van der Waals surface area contributed by atoms with Gasteiger partial charge in [-0.3, -0.25) is 0 Å². The van der Waals surface area contributed by atoms with Gasteiger partial charge in [0.1, 0.15) is 0 Å². The van der Waals surface area contributed by atoms with Gasteiger partial charge in [-0.2, -0.15) is 0 Å². The predicted molar refractivity (Wildman–Crippen MR) is 77.9 cm³/mol. The molecule has 0 heterocycles. The second-order valence-electron chi connectivity index (χ2n) is 5.44. The molecule has 4 nitrogen and oxygen atoms in total. The van der Waals surface area contributed by atoms with Crippen molar-refractivity contribution >= 4 is 25.7 Å². The monoisotopic (exact) mass is 296 g/mol. The maximum Gasteiger partial charge on any atom is 0.478 e. The van der Waals surface area contributed by atoms with Crippen molar-refractivity contribution < 1.29 is 17.1 Å². The van der Waals surface area contributed by atoms with Crippen LogP contribution >= 0.6 is 0 Å². The van der Waals surface area contributed by atoms with E-state index in [9.17, 15) is 0 Å². The molecule has 0 fully saturated rings. The Balaban J connectivity index is 4.71. The Morgan fingerprint density at radius 1 is 0.706 bits per heavy atom. The van der Waals surface area contributed by atoms with Crippen LogP contribution in [-0.2, 0) is 17.1 Å². The molecule has 0 saturated heterocycles. The Kier molecular flexibility index (Phi) is 6.79. The Morgan fingerprint density at radius 2 is 1.18 bits per heavy atom. The first-order valence-corrected chi connectivity index (χ1v) is 14.7. The average Bonchev–Trinajstić information content (AvgIpc) is 1.96. The lowest BCUT2D eigenvalue weighted by molar-refractivity contribution is 0.148. The summed E-state index contributed by atoms with van der Waals surface area (Å²) in [7, 11) is -6.38. The van der Waals surface area contributed by atoms with Gasteiger partial charge in [0.15, 0.2) is 8.32 Å². The fourth-order valence-electron chi connectivity index (χ4n) is 1.72. The summed E-state index contributed by atoms with van der Waals surface area (Å²) >= 11 is 0. The van der Waals surface area contributed by atoms with E-state index in [0.717, 1.165) is 0 Å². The maximum absolute atomic E-state index is 6.14. The summed E-state index contributed by atoms with van der Waals surface area (Å²) in [6.07, 6.45) is 0. The molecule has 0 amide bonds. The molecule has 0 aliphatic carbocycles. The van der Waals surface area contributed by atoms with Crippen LogP contribution in [0.3, 0.4) is 0 Å². The molecule has 0 radical (unpaired) electrons. The highest BCUT2D eigenvalue weighted by Gasteiger charge is 2.45. The topological polar surface area (TPSA) is 36.9 Å². The molecule has 1 unspecified atom stereocenters. The van der Waals surface area contributed by atoms with Gasteiger partial charge < -0.3 is 17.1 Å². The zero-order valence-electron chi connectivity index (χ0n) is 12.5. The minimum Gasteiger partial charge on any atom is -0.417 e. The first-order chi connectivity index (χ1) is 7.54. The van der Waals surface area contributed by atoms with E-state index in [1.165, 1.54) is 0 Å². The fraction of sp³-hybridized carbons (Fsp3) is 1.00. The van der Waals surface area contributed by atoms with Gasteiger partial charge in [-0.25, -0.2) is 0 Å². The van der Waals surface area contributed by atoms with Gasteiger partial charge in [-0.1, -0.05) is 0 Å². The molecule has 0 aliphatic rings. The summed E-state index contributed by atoms with van der Waals surface area (Å²) in [5.74, 6) is 0. The number of hydrogen-bond acceptors (Lipinski definition) is 4. The van der Waals surface area contributed by atoms with Crippen molar-refractivity contribution in [3.63, 3.8) is 0 Å². The molecule has 0 aromatic rings. The molecule has 0 aromatic heterocycles. The normalized spacial score (nSPS) is 16.9. The fourth-order valence-corrected chi connectivity index (χ4v) is 12.2. The van der Waals surface area contributed by atoms with Crippen LogP contribution in [0, 0.1) is 0 Å². The van der Waals surface area contributed by atoms with Crippen LogP contribution in [0.1, 0.15) is 13.8 Å². The first-order valence-electron chi connectivity index (χ1n) is 6.22. The van der Waals surface area contributed by atoms with E-state index in [4.69, 9.17) is 17.1 Å². The van der Waals surface area contributed by atoms with E-state index in [-0.39, 0.29) is 0 Å². The molecule has 0 N–H and O–H groups in total. The maximum atomic E-state index is 6.14. The Morgan fingerprint density at radius 3 is 1.53 bits per heavy atom. The quantitative estimate of drug-likeness (QED) is 0.645. The zero-order chi connectivity index (χ0) is 13.7. The van der Waals surface area contributed by atoms with Crippen molar-refractivity contribution in [2.24, 2.45) is 0 Å². The van der Waals surface area contributed by atoms with Crippen LogP contribution < -0.4 is 0 Å². The standard InChI is InChI=1S/C10H28O4Si3/c1-9-11-16(6,7)14-17(8,12-10-2)13-15(3,4)5/h9-10H2,1-8H3. The molecule has 1 atom stereocenters. The van der Waals surface area contributed by atoms with Crippen molar-refractivity contribution in [1.29, 1.82) is 0 Å². The summed E-state index contributed by atoms with van der Waals surface area (Å²) in [6.45, 7) is 17.7. The SMILES string of the molecule is CCO[Si](C)(C)O[Si](C)(OCC)O[Si](C)(C)C. The van der Waals surface area contributed by atoms with Crippen LogP contribution in [0.25, 0.3) is 0 Å². The van der Waals surface area contributed by atoms with Gasteiger partial charge in [0.05, 0.1) is 0 Å². The van der Waals surface area contributed by atoms with Crippen LogP contribution in [0.2, 0.25) is 39.3 Å². The van der Waals surface area contributed by atoms with Crippen molar-refractivity contribution in [1.82, 2.24) is 0 Å². The lowest BCUT2D eigenvalue weighted by Crippen LogP contribution is -2.56. The molecular weight excluding hydrogens is 268 g/mol. The summed E-state index contributed by atoms with van der Waals surface area (Å²) in [5, 5.41) is 0. The van der Waals surface area contributed by atoms with Crippen molar-refractivity contribution in [3.05, 3.63) is 0 Å². The summed E-state index contributed by atoms with van der Waals surface area (Å²) < 4.78 is 23.7. The summed E-state index contributed by atoms with van der Waals surface area (Å²) in [6, 6.07) is 0. The van der Waals surface area contributed by atoms with E-state index in [2.05, 4.69) is 19.6 Å². The molecule has 0 bridgehead atoms. The van der Waals surface area contributed by atoms with E-state index in [1.54, 1.807) is 0 Å². The highest BCUT2D eigenvalue weighted by Crippen LogP contribution is 2.22. The molecule has 7 heteroatoms. The van der Waals surface area contributed by atoms with Gasteiger partial charge in [0, 0.05) is 19.8 Å². The van der Waals surface area contributed by atoms with Crippen LogP contribution in [0.15, 0.2) is 0 Å². The lowest BCUT2D eigenvalue weighted by atomic mass is 10.9. The van der Waals surface area contributed by atoms with Gasteiger partial charge in [0.25, 0.3) is 0 Å². The summed E-state index contributed by atoms with van der Waals surface area (Å²) in [5.41, 5.74) is 0. The van der Waals surface area contributed by atoms with Crippen LogP contribution in [0.4, 0.5) is 0 Å². The van der Waals surface area contributed by atoms with Crippen molar-refractivity contribution in [2.45, 2.75) is 53.1 Å². The third-order valence-corrected chi connectivity index (χ3v) is 11.0. The van der Waals surface area contributed by atoms with Crippen LogP contribution in [-0.4, -0.2) is 38.9 Å². The van der Waals surface area contributed by atoms with Gasteiger partial charge in [-0.05, 0) is 46.6 Å². The third-order valence-electron chi connectivity index (χ3n) is 1.82. The molecular formula is C10H28O4Si3. The van der Waals surface area contributed by atoms with Gasteiger partial charge in [0.2, 0.25) is 0 Å². The number of rotatable bonds is 8. The lowest BCUT2D eigenvalue weighted by Gasteiger charge is -2.37. The summed E-state index contributed by atoms with van der Waals surface area (Å²) in [4.78, 5) is 0. The molecule has 0 saturated carbocycles. The minimum absolute atomic E-state index is 0.615. The second kappa shape index (κ2) is 6.60. The third kappa shape index (κ3) is 8.25. The highest BCUT2D eigenvalue weighted by atomic mass is 28.5. The molecule has 17 heavy (non-hydrogen) atoms. The molecule has 0 rings (SSSR count). The average molecular weight is 297 g/mol. The van der Waals surface area contributed by atoms with E-state index in [0.29, 0.717) is 13.2 Å². The predicted octanol–water partition coefficient (Wildman–Crippen LogP) is 3.20. The highest BCUT2D eigenvalue weighted by molar-refractivity contribution is 6.83. The molecule has 0 aliphatic heterocycles. The van der Waals surface area contributed by atoms with Crippen LogP contribution in [0.5, 0.6) is 0 Å². The van der Waals surface area contributed by atoms with E-state index < -0.39 is 25.7 Å².